The molecule has 1 aliphatic rings. The van der Waals surface area contributed by atoms with Crippen LogP contribution in [0.3, 0.4) is 0 Å². The first-order valence-corrected chi connectivity index (χ1v) is 5.49. The lowest BCUT2D eigenvalue weighted by Crippen LogP contribution is -2.41. The van der Waals surface area contributed by atoms with Gasteiger partial charge < -0.3 is 5.32 Å². The van der Waals surface area contributed by atoms with Crippen LogP contribution in [0.25, 0.3) is 0 Å². The molecular weight excluding hydrogens is 174 g/mol. The van der Waals surface area contributed by atoms with Crippen molar-refractivity contribution in [3.8, 4) is 0 Å². The minimum atomic E-state index is 0.632. The van der Waals surface area contributed by atoms with E-state index in [0.717, 1.165) is 12.5 Å². The second-order valence-electron chi connectivity index (χ2n) is 4.30. The number of nitrogens with zero attached hydrogens (tertiary/aromatic N) is 2. The molecule has 0 bridgehead atoms. The number of hydrogen-bond donors (Lipinski definition) is 1. The molecule has 2 unspecified atom stereocenters. The minimum Gasteiger partial charge on any atom is -0.314 e. The summed E-state index contributed by atoms with van der Waals surface area (Å²) >= 11 is 0. The largest absolute Gasteiger partial charge is 0.314 e. The molecule has 1 aliphatic heterocycles. The van der Waals surface area contributed by atoms with Gasteiger partial charge in [0.15, 0.2) is 0 Å². The van der Waals surface area contributed by atoms with E-state index in [1.165, 1.54) is 25.1 Å². The van der Waals surface area contributed by atoms with Gasteiger partial charge in [-0.25, -0.2) is 0 Å². The molecule has 1 aromatic heterocycles. The van der Waals surface area contributed by atoms with Gasteiger partial charge in [0.05, 0.1) is 0 Å². The average Bonchev–Trinajstić information content (AvgIpc) is 2.56. The fourth-order valence-corrected chi connectivity index (χ4v) is 2.17. The van der Waals surface area contributed by atoms with Crippen LogP contribution in [0.1, 0.15) is 25.5 Å². The normalized spacial score (nSPS) is 27.9. The Kier molecular flexibility index (Phi) is 2.87. The summed E-state index contributed by atoms with van der Waals surface area (Å²) in [5.74, 6) is 0.738. The van der Waals surface area contributed by atoms with E-state index in [1.807, 2.05) is 6.20 Å². The van der Waals surface area contributed by atoms with Crippen LogP contribution in [0.15, 0.2) is 12.3 Å². The standard InChI is InChI=1S/C11H19N3/c1-9-5-7-13-14(9)8-11-4-3-6-12-10(11)2/h5,7,10-12H,3-4,6,8H2,1-2H3. The van der Waals surface area contributed by atoms with Crippen LogP contribution in [0, 0.1) is 12.8 Å². The van der Waals surface area contributed by atoms with E-state index in [1.54, 1.807) is 0 Å². The Morgan fingerprint density at radius 2 is 2.50 bits per heavy atom. The maximum atomic E-state index is 4.33. The highest BCUT2D eigenvalue weighted by molar-refractivity contribution is 4.97. The summed E-state index contributed by atoms with van der Waals surface area (Å²) in [5.41, 5.74) is 1.27. The van der Waals surface area contributed by atoms with E-state index < -0.39 is 0 Å². The zero-order valence-electron chi connectivity index (χ0n) is 9.03. The second kappa shape index (κ2) is 4.13. The number of piperidine rings is 1. The smallest absolute Gasteiger partial charge is 0.0492 e. The molecule has 14 heavy (non-hydrogen) atoms. The van der Waals surface area contributed by atoms with E-state index >= 15 is 0 Å². The maximum Gasteiger partial charge on any atom is 0.0492 e. The molecule has 1 fully saturated rings. The lowest BCUT2D eigenvalue weighted by atomic mass is 9.92. The molecule has 1 aromatic rings. The lowest BCUT2D eigenvalue weighted by Gasteiger charge is -2.30. The van der Waals surface area contributed by atoms with Gasteiger partial charge in [-0.2, -0.15) is 5.10 Å². The molecule has 78 valence electrons. The summed E-state index contributed by atoms with van der Waals surface area (Å²) < 4.78 is 2.12. The molecule has 0 radical (unpaired) electrons. The van der Waals surface area contributed by atoms with Gasteiger partial charge in [0, 0.05) is 24.5 Å². The highest BCUT2D eigenvalue weighted by atomic mass is 15.3. The van der Waals surface area contributed by atoms with Crippen LogP contribution < -0.4 is 5.32 Å². The van der Waals surface area contributed by atoms with Crippen LogP contribution in [-0.2, 0) is 6.54 Å². The summed E-state index contributed by atoms with van der Waals surface area (Å²) in [6, 6.07) is 2.70. The lowest BCUT2D eigenvalue weighted by molar-refractivity contribution is 0.256. The molecule has 3 heteroatoms. The SMILES string of the molecule is Cc1ccnn1CC1CCCNC1C. The van der Waals surface area contributed by atoms with Gasteiger partial charge in [0.1, 0.15) is 0 Å². The predicted octanol–water partition coefficient (Wildman–Crippen LogP) is 1.58. The maximum absolute atomic E-state index is 4.33. The van der Waals surface area contributed by atoms with Gasteiger partial charge in [-0.15, -0.1) is 0 Å². The Labute approximate surface area is 85.5 Å². The number of aromatic nitrogens is 2. The van der Waals surface area contributed by atoms with Crippen LogP contribution in [-0.4, -0.2) is 22.4 Å². The summed E-state index contributed by atoms with van der Waals surface area (Å²) in [4.78, 5) is 0. The first-order valence-electron chi connectivity index (χ1n) is 5.49. The number of rotatable bonds is 2. The highest BCUT2D eigenvalue weighted by Gasteiger charge is 2.21. The van der Waals surface area contributed by atoms with E-state index in [0.29, 0.717) is 6.04 Å². The minimum absolute atomic E-state index is 0.632. The zero-order chi connectivity index (χ0) is 9.97. The van der Waals surface area contributed by atoms with Crippen molar-refractivity contribution in [2.75, 3.05) is 6.54 Å². The third-order valence-electron chi connectivity index (χ3n) is 3.26. The van der Waals surface area contributed by atoms with Gasteiger partial charge in [-0.05, 0) is 45.2 Å². The fraction of sp³-hybridized carbons (Fsp3) is 0.727. The molecule has 0 spiro atoms. The van der Waals surface area contributed by atoms with E-state index in [2.05, 4.69) is 35.0 Å². The van der Waals surface area contributed by atoms with Crippen molar-refractivity contribution in [1.29, 1.82) is 0 Å². The molecule has 2 heterocycles. The first kappa shape index (κ1) is 9.71. The van der Waals surface area contributed by atoms with Crippen molar-refractivity contribution in [2.45, 2.75) is 39.3 Å². The molecule has 2 rings (SSSR count). The Morgan fingerprint density at radius 3 is 3.14 bits per heavy atom. The highest BCUT2D eigenvalue weighted by Crippen LogP contribution is 2.18. The van der Waals surface area contributed by atoms with Crippen LogP contribution >= 0.6 is 0 Å². The molecule has 1 saturated heterocycles. The predicted molar refractivity (Wildman–Crippen MR) is 57.2 cm³/mol. The monoisotopic (exact) mass is 193 g/mol. The van der Waals surface area contributed by atoms with Gasteiger partial charge >= 0.3 is 0 Å². The number of aryl methyl sites for hydroxylation is 1. The van der Waals surface area contributed by atoms with Crippen molar-refractivity contribution < 1.29 is 0 Å². The Hall–Kier alpha value is -0.830. The van der Waals surface area contributed by atoms with Crippen LogP contribution in [0.5, 0.6) is 0 Å². The molecule has 0 saturated carbocycles. The third-order valence-corrected chi connectivity index (χ3v) is 3.26. The number of nitrogens with one attached hydrogen (secondary N) is 1. The molecule has 3 nitrogen and oxygen atoms in total. The van der Waals surface area contributed by atoms with Crippen molar-refractivity contribution in [2.24, 2.45) is 5.92 Å². The van der Waals surface area contributed by atoms with Crippen molar-refractivity contribution in [3.05, 3.63) is 18.0 Å². The van der Waals surface area contributed by atoms with Gasteiger partial charge in [0.2, 0.25) is 0 Å². The zero-order valence-corrected chi connectivity index (χ0v) is 9.03. The van der Waals surface area contributed by atoms with E-state index in [-0.39, 0.29) is 0 Å². The van der Waals surface area contributed by atoms with Crippen LogP contribution in [0.4, 0.5) is 0 Å². The van der Waals surface area contributed by atoms with Gasteiger partial charge in [-0.1, -0.05) is 0 Å². The molecular formula is C11H19N3. The molecule has 0 aromatic carbocycles. The van der Waals surface area contributed by atoms with Gasteiger partial charge in [-0.3, -0.25) is 4.68 Å². The molecule has 0 aliphatic carbocycles. The summed E-state index contributed by atoms with van der Waals surface area (Å²) in [6.07, 6.45) is 4.51. The topological polar surface area (TPSA) is 29.9 Å². The Bertz CT molecular complexity index is 292. The summed E-state index contributed by atoms with van der Waals surface area (Å²) in [5, 5.41) is 7.86. The van der Waals surface area contributed by atoms with Crippen molar-refractivity contribution in [3.63, 3.8) is 0 Å². The van der Waals surface area contributed by atoms with E-state index in [4.69, 9.17) is 0 Å². The Morgan fingerprint density at radius 1 is 1.64 bits per heavy atom. The molecule has 1 N–H and O–H groups in total. The summed E-state index contributed by atoms with van der Waals surface area (Å²) in [6.45, 7) is 6.64. The van der Waals surface area contributed by atoms with E-state index in [9.17, 15) is 0 Å². The second-order valence-corrected chi connectivity index (χ2v) is 4.30. The van der Waals surface area contributed by atoms with Gasteiger partial charge in [0.25, 0.3) is 0 Å². The quantitative estimate of drug-likeness (QED) is 0.773. The van der Waals surface area contributed by atoms with Crippen molar-refractivity contribution >= 4 is 0 Å². The fourth-order valence-electron chi connectivity index (χ4n) is 2.17. The molecule has 2 atom stereocenters. The first-order chi connectivity index (χ1) is 6.77. The molecule has 0 amide bonds. The average molecular weight is 193 g/mol. The third kappa shape index (κ3) is 1.98. The summed E-state index contributed by atoms with van der Waals surface area (Å²) in [7, 11) is 0. The Balaban J connectivity index is 1.99. The number of hydrogen-bond acceptors (Lipinski definition) is 2. The van der Waals surface area contributed by atoms with Crippen LogP contribution in [0.2, 0.25) is 0 Å². The van der Waals surface area contributed by atoms with Crippen molar-refractivity contribution in [1.82, 2.24) is 15.1 Å².